The number of nitrogens with zero attached hydrogens (tertiary/aromatic N) is 1. The topological polar surface area (TPSA) is 26.0 Å². The molecule has 2 aromatic rings. The quantitative estimate of drug-likeness (QED) is 0.755. The summed E-state index contributed by atoms with van der Waals surface area (Å²) in [7, 11) is 0. The smallest absolute Gasteiger partial charge is 0.256 e. The standard InChI is InChI=1S/C18H17NOS/c1-2-21-17-19-16(18-11-7-6-10-14(18)12-18)15(20-17)13-8-4-3-5-9-13/h3-11,14H,2,12H2,1H3. The van der Waals surface area contributed by atoms with Gasteiger partial charge in [0.15, 0.2) is 5.76 Å². The minimum atomic E-state index is 0.0655. The number of rotatable bonds is 4. The summed E-state index contributed by atoms with van der Waals surface area (Å²) >= 11 is 1.67. The monoisotopic (exact) mass is 295 g/mol. The molecule has 2 nitrogen and oxygen atoms in total. The number of hydrogen-bond donors (Lipinski definition) is 0. The van der Waals surface area contributed by atoms with Crippen molar-refractivity contribution < 1.29 is 4.42 Å². The molecule has 3 heteroatoms. The van der Waals surface area contributed by atoms with Crippen LogP contribution in [0.15, 0.2) is 64.3 Å². The minimum Gasteiger partial charge on any atom is -0.431 e. The summed E-state index contributed by atoms with van der Waals surface area (Å²) in [6.45, 7) is 2.12. The Hall–Kier alpha value is -1.74. The van der Waals surface area contributed by atoms with Gasteiger partial charge in [-0.05, 0) is 18.1 Å². The number of oxazole rings is 1. The molecule has 2 atom stereocenters. The van der Waals surface area contributed by atoms with E-state index in [-0.39, 0.29) is 5.41 Å². The van der Waals surface area contributed by atoms with Gasteiger partial charge in [0.2, 0.25) is 0 Å². The van der Waals surface area contributed by atoms with Crippen LogP contribution in [0.2, 0.25) is 0 Å². The summed E-state index contributed by atoms with van der Waals surface area (Å²) in [5.74, 6) is 2.49. The van der Waals surface area contributed by atoms with E-state index in [0.29, 0.717) is 5.92 Å². The molecule has 4 rings (SSSR count). The van der Waals surface area contributed by atoms with Crippen LogP contribution in [0, 0.1) is 5.92 Å². The fourth-order valence-corrected chi connectivity index (χ4v) is 3.64. The number of allylic oxidation sites excluding steroid dienone is 4. The van der Waals surface area contributed by atoms with Crippen LogP contribution in [-0.4, -0.2) is 10.7 Å². The van der Waals surface area contributed by atoms with Gasteiger partial charge in [-0.15, -0.1) is 0 Å². The molecular weight excluding hydrogens is 278 g/mol. The van der Waals surface area contributed by atoms with Crippen LogP contribution in [0.4, 0.5) is 0 Å². The molecule has 2 aliphatic carbocycles. The highest BCUT2D eigenvalue weighted by Gasteiger charge is 2.56. The molecule has 0 saturated heterocycles. The molecule has 1 aromatic heterocycles. The highest BCUT2D eigenvalue weighted by atomic mass is 32.2. The van der Waals surface area contributed by atoms with Crippen LogP contribution in [0.3, 0.4) is 0 Å². The molecule has 2 aliphatic rings. The summed E-state index contributed by atoms with van der Waals surface area (Å²) in [5.41, 5.74) is 2.29. The molecule has 0 bridgehead atoms. The Morgan fingerprint density at radius 1 is 1.29 bits per heavy atom. The largest absolute Gasteiger partial charge is 0.431 e. The Labute approximate surface area is 129 Å². The van der Waals surface area contributed by atoms with Crippen molar-refractivity contribution in [2.45, 2.75) is 24.0 Å². The van der Waals surface area contributed by atoms with Crippen molar-refractivity contribution in [2.75, 3.05) is 5.75 Å². The number of fused-ring (bicyclic) bond motifs is 1. The predicted molar refractivity (Wildman–Crippen MR) is 86.4 cm³/mol. The lowest BCUT2D eigenvalue weighted by molar-refractivity contribution is 0.466. The van der Waals surface area contributed by atoms with Gasteiger partial charge in [-0.3, -0.25) is 0 Å². The Morgan fingerprint density at radius 2 is 2.14 bits per heavy atom. The molecule has 106 valence electrons. The van der Waals surface area contributed by atoms with Crippen molar-refractivity contribution in [2.24, 2.45) is 5.92 Å². The lowest BCUT2D eigenvalue weighted by Crippen LogP contribution is -2.09. The molecule has 2 unspecified atom stereocenters. The third-order valence-corrected chi connectivity index (χ3v) is 4.97. The number of thioether (sulfide) groups is 1. The second-order valence-corrected chi connectivity index (χ2v) is 6.77. The first-order valence-corrected chi connectivity index (χ1v) is 8.37. The van der Waals surface area contributed by atoms with Crippen LogP contribution >= 0.6 is 11.8 Å². The Morgan fingerprint density at radius 3 is 2.90 bits per heavy atom. The fraction of sp³-hybridized carbons (Fsp3) is 0.278. The van der Waals surface area contributed by atoms with E-state index in [0.717, 1.165) is 34.4 Å². The van der Waals surface area contributed by atoms with Gasteiger partial charge in [0.25, 0.3) is 5.22 Å². The SMILES string of the molecule is CCSc1nc(C23C=CC=CC2C3)c(-c2ccccc2)o1. The molecule has 1 fully saturated rings. The van der Waals surface area contributed by atoms with Crippen molar-refractivity contribution in [3.63, 3.8) is 0 Å². The van der Waals surface area contributed by atoms with E-state index in [4.69, 9.17) is 9.40 Å². The number of benzene rings is 1. The van der Waals surface area contributed by atoms with E-state index in [1.807, 2.05) is 18.2 Å². The first-order chi connectivity index (χ1) is 10.3. The highest BCUT2D eigenvalue weighted by Crippen LogP contribution is 2.59. The summed E-state index contributed by atoms with van der Waals surface area (Å²) in [5, 5.41) is 0.786. The van der Waals surface area contributed by atoms with Gasteiger partial charge in [-0.1, -0.05) is 73.3 Å². The van der Waals surface area contributed by atoms with E-state index >= 15 is 0 Å². The first kappa shape index (κ1) is 13.0. The fourth-order valence-electron chi connectivity index (χ4n) is 3.10. The summed E-state index contributed by atoms with van der Waals surface area (Å²) in [6.07, 6.45) is 10.0. The zero-order chi connectivity index (χ0) is 14.3. The van der Waals surface area contributed by atoms with Crippen molar-refractivity contribution in [1.82, 2.24) is 4.98 Å². The lowest BCUT2D eigenvalue weighted by atomic mass is 9.92. The maximum absolute atomic E-state index is 6.08. The number of hydrogen-bond acceptors (Lipinski definition) is 3. The molecule has 0 N–H and O–H groups in total. The van der Waals surface area contributed by atoms with Crippen LogP contribution in [0.5, 0.6) is 0 Å². The van der Waals surface area contributed by atoms with Crippen LogP contribution in [-0.2, 0) is 5.41 Å². The van der Waals surface area contributed by atoms with Crippen LogP contribution in [0.25, 0.3) is 11.3 Å². The van der Waals surface area contributed by atoms with Crippen LogP contribution in [0.1, 0.15) is 19.0 Å². The average Bonchev–Trinajstić information content (AvgIpc) is 3.13. The highest BCUT2D eigenvalue weighted by molar-refractivity contribution is 7.99. The maximum Gasteiger partial charge on any atom is 0.256 e. The maximum atomic E-state index is 6.08. The molecule has 0 spiro atoms. The molecule has 0 aliphatic heterocycles. The molecule has 0 amide bonds. The van der Waals surface area contributed by atoms with Gasteiger partial charge < -0.3 is 4.42 Å². The van der Waals surface area contributed by atoms with Crippen LogP contribution < -0.4 is 0 Å². The third-order valence-electron chi connectivity index (χ3n) is 4.26. The van der Waals surface area contributed by atoms with Crippen molar-refractivity contribution in [1.29, 1.82) is 0 Å². The average molecular weight is 295 g/mol. The van der Waals surface area contributed by atoms with Crippen molar-refractivity contribution in [3.8, 4) is 11.3 Å². The third kappa shape index (κ3) is 2.07. The van der Waals surface area contributed by atoms with E-state index in [2.05, 4.69) is 43.4 Å². The van der Waals surface area contributed by atoms with Gasteiger partial charge in [0.1, 0.15) is 0 Å². The summed E-state index contributed by atoms with van der Waals surface area (Å²) in [6, 6.07) is 10.3. The predicted octanol–water partition coefficient (Wildman–Crippen LogP) is 4.84. The van der Waals surface area contributed by atoms with Gasteiger partial charge >= 0.3 is 0 Å². The normalized spacial score (nSPS) is 25.9. The van der Waals surface area contributed by atoms with Crippen molar-refractivity contribution >= 4 is 11.8 Å². The summed E-state index contributed by atoms with van der Waals surface area (Å²) in [4.78, 5) is 4.82. The molecule has 21 heavy (non-hydrogen) atoms. The minimum absolute atomic E-state index is 0.0655. The second-order valence-electron chi connectivity index (χ2n) is 5.55. The lowest BCUT2D eigenvalue weighted by Gasteiger charge is -2.12. The zero-order valence-electron chi connectivity index (χ0n) is 12.0. The molecule has 1 saturated carbocycles. The molecule has 1 heterocycles. The molecule has 0 radical (unpaired) electrons. The second kappa shape index (κ2) is 4.92. The van der Waals surface area contributed by atoms with Gasteiger partial charge in [-0.25, -0.2) is 4.98 Å². The summed E-state index contributed by atoms with van der Waals surface area (Å²) < 4.78 is 6.08. The molecular formula is C18H17NOS. The van der Waals surface area contributed by atoms with E-state index < -0.39 is 0 Å². The van der Waals surface area contributed by atoms with E-state index in [1.54, 1.807) is 11.8 Å². The Bertz CT molecular complexity index is 716. The van der Waals surface area contributed by atoms with Crippen molar-refractivity contribution in [3.05, 3.63) is 60.3 Å². The molecule has 1 aromatic carbocycles. The zero-order valence-corrected chi connectivity index (χ0v) is 12.8. The van der Waals surface area contributed by atoms with Gasteiger partial charge in [0.05, 0.1) is 5.69 Å². The Kier molecular flexibility index (Phi) is 3.03. The Balaban J connectivity index is 1.83. The first-order valence-electron chi connectivity index (χ1n) is 7.39. The van der Waals surface area contributed by atoms with Gasteiger partial charge in [0, 0.05) is 11.0 Å². The van der Waals surface area contributed by atoms with E-state index in [1.165, 1.54) is 0 Å². The number of aromatic nitrogens is 1. The van der Waals surface area contributed by atoms with E-state index in [9.17, 15) is 0 Å². The van der Waals surface area contributed by atoms with Gasteiger partial charge in [-0.2, -0.15) is 0 Å².